The normalized spacial score (nSPS) is 26.8. The molecule has 84 valence electrons. The van der Waals surface area contributed by atoms with Gasteiger partial charge < -0.3 is 14.6 Å². The van der Waals surface area contributed by atoms with Crippen LogP contribution in [0.15, 0.2) is 18.3 Å². The highest BCUT2D eigenvalue weighted by Crippen LogP contribution is 2.13. The van der Waals surface area contributed by atoms with E-state index in [4.69, 9.17) is 4.74 Å². The maximum absolute atomic E-state index is 5.52. The van der Waals surface area contributed by atoms with Gasteiger partial charge in [-0.3, -0.25) is 0 Å². The third kappa shape index (κ3) is 2.83. The molecule has 1 fully saturated rings. The molecule has 0 radical (unpaired) electrons. The van der Waals surface area contributed by atoms with Crippen LogP contribution in [-0.2, 0) is 18.3 Å². The molecule has 15 heavy (non-hydrogen) atoms. The molecule has 0 aromatic carbocycles. The van der Waals surface area contributed by atoms with Crippen LogP contribution in [0.1, 0.15) is 25.5 Å². The first-order valence-electron chi connectivity index (χ1n) is 5.71. The standard InChI is InChI=1S/C12H20N2O/c1-10-8-11(5-7-15-10)13-9-12-4-3-6-14(12)2/h3-4,6,10-11,13H,5,7-9H2,1-2H3. The zero-order chi connectivity index (χ0) is 10.7. The average Bonchev–Trinajstić information content (AvgIpc) is 2.61. The topological polar surface area (TPSA) is 26.2 Å². The van der Waals surface area contributed by atoms with Crippen LogP contribution >= 0.6 is 0 Å². The van der Waals surface area contributed by atoms with Crippen molar-refractivity contribution >= 4 is 0 Å². The van der Waals surface area contributed by atoms with Gasteiger partial charge in [0.1, 0.15) is 0 Å². The molecule has 3 nitrogen and oxygen atoms in total. The van der Waals surface area contributed by atoms with Crippen LogP contribution in [0.5, 0.6) is 0 Å². The Morgan fingerprint density at radius 3 is 3.13 bits per heavy atom. The van der Waals surface area contributed by atoms with Gasteiger partial charge in [-0.15, -0.1) is 0 Å². The number of nitrogens with zero attached hydrogens (tertiary/aromatic N) is 1. The van der Waals surface area contributed by atoms with Crippen LogP contribution < -0.4 is 5.32 Å². The summed E-state index contributed by atoms with van der Waals surface area (Å²) in [5, 5.41) is 3.59. The van der Waals surface area contributed by atoms with Gasteiger partial charge in [0.05, 0.1) is 6.10 Å². The molecule has 0 bridgehead atoms. The number of nitrogens with one attached hydrogen (secondary N) is 1. The Hall–Kier alpha value is -0.800. The first kappa shape index (κ1) is 10.7. The van der Waals surface area contributed by atoms with Crippen LogP contribution in [0.4, 0.5) is 0 Å². The molecule has 1 aliphatic rings. The van der Waals surface area contributed by atoms with Crippen molar-refractivity contribution < 1.29 is 4.74 Å². The summed E-state index contributed by atoms with van der Waals surface area (Å²) in [5.41, 5.74) is 1.34. The molecule has 1 N–H and O–H groups in total. The van der Waals surface area contributed by atoms with Crippen LogP contribution in [0.3, 0.4) is 0 Å². The Morgan fingerprint density at radius 1 is 1.60 bits per heavy atom. The van der Waals surface area contributed by atoms with Crippen molar-refractivity contribution in [3.63, 3.8) is 0 Å². The highest BCUT2D eigenvalue weighted by atomic mass is 16.5. The molecule has 1 saturated heterocycles. The largest absolute Gasteiger partial charge is 0.378 e. The van der Waals surface area contributed by atoms with E-state index >= 15 is 0 Å². The molecule has 2 atom stereocenters. The molecular weight excluding hydrogens is 188 g/mol. The quantitative estimate of drug-likeness (QED) is 0.818. The molecule has 1 aromatic heterocycles. The summed E-state index contributed by atoms with van der Waals surface area (Å²) in [6, 6.07) is 4.86. The Labute approximate surface area is 91.4 Å². The predicted octanol–water partition coefficient (Wildman–Crippen LogP) is 1.68. The van der Waals surface area contributed by atoms with Crippen molar-refractivity contribution in [2.75, 3.05) is 6.61 Å². The summed E-state index contributed by atoms with van der Waals surface area (Å²) in [4.78, 5) is 0. The minimum Gasteiger partial charge on any atom is -0.378 e. The molecule has 1 aliphatic heterocycles. The second-order valence-corrected chi connectivity index (χ2v) is 4.39. The van der Waals surface area contributed by atoms with Crippen molar-refractivity contribution in [3.05, 3.63) is 24.0 Å². The fourth-order valence-corrected chi connectivity index (χ4v) is 2.11. The van der Waals surface area contributed by atoms with Gasteiger partial charge in [0.2, 0.25) is 0 Å². The van der Waals surface area contributed by atoms with E-state index in [-0.39, 0.29) is 0 Å². The van der Waals surface area contributed by atoms with Crippen molar-refractivity contribution in [3.8, 4) is 0 Å². The van der Waals surface area contributed by atoms with Gasteiger partial charge in [0.25, 0.3) is 0 Å². The Kier molecular flexibility index (Phi) is 3.44. The number of hydrogen-bond donors (Lipinski definition) is 1. The lowest BCUT2D eigenvalue weighted by Crippen LogP contribution is -2.37. The third-order valence-electron chi connectivity index (χ3n) is 3.11. The number of aryl methyl sites for hydroxylation is 1. The molecule has 0 spiro atoms. The lowest BCUT2D eigenvalue weighted by molar-refractivity contribution is 0.0129. The van der Waals surface area contributed by atoms with Crippen molar-refractivity contribution in [1.29, 1.82) is 0 Å². The molecule has 2 rings (SSSR count). The van der Waals surface area contributed by atoms with E-state index in [2.05, 4.69) is 42.2 Å². The van der Waals surface area contributed by atoms with Crippen LogP contribution in [0.2, 0.25) is 0 Å². The van der Waals surface area contributed by atoms with E-state index in [1.54, 1.807) is 0 Å². The van der Waals surface area contributed by atoms with Gasteiger partial charge in [-0.1, -0.05) is 0 Å². The second-order valence-electron chi connectivity index (χ2n) is 4.39. The van der Waals surface area contributed by atoms with Crippen molar-refractivity contribution in [2.45, 2.75) is 38.5 Å². The van der Waals surface area contributed by atoms with Crippen molar-refractivity contribution in [1.82, 2.24) is 9.88 Å². The molecule has 1 aromatic rings. The Balaban J connectivity index is 1.80. The lowest BCUT2D eigenvalue weighted by atomic mass is 10.0. The third-order valence-corrected chi connectivity index (χ3v) is 3.11. The summed E-state index contributed by atoms with van der Waals surface area (Å²) in [7, 11) is 2.09. The zero-order valence-corrected chi connectivity index (χ0v) is 9.57. The molecular formula is C12H20N2O. The minimum absolute atomic E-state index is 0.407. The summed E-state index contributed by atoms with van der Waals surface area (Å²) in [6.45, 7) is 4.00. The summed E-state index contributed by atoms with van der Waals surface area (Å²) < 4.78 is 7.69. The van der Waals surface area contributed by atoms with E-state index in [0.717, 1.165) is 26.0 Å². The monoisotopic (exact) mass is 208 g/mol. The minimum atomic E-state index is 0.407. The molecule has 0 amide bonds. The van der Waals surface area contributed by atoms with Crippen LogP contribution in [-0.4, -0.2) is 23.3 Å². The number of ether oxygens (including phenoxy) is 1. The van der Waals surface area contributed by atoms with Gasteiger partial charge in [0, 0.05) is 38.1 Å². The van der Waals surface area contributed by atoms with E-state index in [1.165, 1.54) is 5.69 Å². The van der Waals surface area contributed by atoms with E-state index in [1.807, 2.05) is 0 Å². The fraction of sp³-hybridized carbons (Fsp3) is 0.667. The highest BCUT2D eigenvalue weighted by Gasteiger charge is 2.18. The van der Waals surface area contributed by atoms with Gasteiger partial charge in [-0.2, -0.15) is 0 Å². The summed E-state index contributed by atoms with van der Waals surface area (Å²) in [6.07, 6.45) is 4.76. The van der Waals surface area contributed by atoms with E-state index < -0.39 is 0 Å². The van der Waals surface area contributed by atoms with E-state index in [9.17, 15) is 0 Å². The molecule has 2 heterocycles. The van der Waals surface area contributed by atoms with Gasteiger partial charge in [0.15, 0.2) is 0 Å². The SMILES string of the molecule is CC1CC(NCc2cccn2C)CCO1. The Morgan fingerprint density at radius 2 is 2.47 bits per heavy atom. The van der Waals surface area contributed by atoms with Gasteiger partial charge in [-0.25, -0.2) is 0 Å². The van der Waals surface area contributed by atoms with Gasteiger partial charge >= 0.3 is 0 Å². The summed E-state index contributed by atoms with van der Waals surface area (Å²) in [5.74, 6) is 0. The van der Waals surface area contributed by atoms with Crippen LogP contribution in [0, 0.1) is 0 Å². The number of hydrogen-bond acceptors (Lipinski definition) is 2. The number of rotatable bonds is 3. The van der Waals surface area contributed by atoms with E-state index in [0.29, 0.717) is 12.1 Å². The number of aromatic nitrogens is 1. The van der Waals surface area contributed by atoms with Gasteiger partial charge in [-0.05, 0) is 31.9 Å². The first-order valence-corrected chi connectivity index (χ1v) is 5.71. The second kappa shape index (κ2) is 4.81. The molecule has 0 aliphatic carbocycles. The smallest absolute Gasteiger partial charge is 0.0561 e. The highest BCUT2D eigenvalue weighted by molar-refractivity contribution is 5.06. The predicted molar refractivity (Wildman–Crippen MR) is 60.7 cm³/mol. The summed E-state index contributed by atoms with van der Waals surface area (Å²) >= 11 is 0. The maximum Gasteiger partial charge on any atom is 0.0561 e. The van der Waals surface area contributed by atoms with Crippen molar-refractivity contribution in [2.24, 2.45) is 7.05 Å². The molecule has 3 heteroatoms. The lowest BCUT2D eigenvalue weighted by Gasteiger charge is -2.28. The van der Waals surface area contributed by atoms with Crippen LogP contribution in [0.25, 0.3) is 0 Å². The zero-order valence-electron chi connectivity index (χ0n) is 9.57. The average molecular weight is 208 g/mol. The fourth-order valence-electron chi connectivity index (χ4n) is 2.11. The molecule has 0 saturated carbocycles. The Bertz CT molecular complexity index is 308. The first-order chi connectivity index (χ1) is 7.25. The maximum atomic E-state index is 5.52. The molecule has 2 unspecified atom stereocenters.